The SMILES string of the molecule is CCOc1ccc(C2=C(N3CCC(C)CC3)C(=O)N(c3ccc(N(C)C)cc3)C2=O)cc1. The molecule has 0 unspecified atom stereocenters. The molecule has 0 N–H and O–H groups in total. The number of hydrogen-bond acceptors (Lipinski definition) is 5. The van der Waals surface area contributed by atoms with Gasteiger partial charge in [-0.1, -0.05) is 19.1 Å². The number of carbonyl (C=O) groups excluding carboxylic acids is 2. The van der Waals surface area contributed by atoms with E-state index in [1.807, 2.05) is 74.4 Å². The van der Waals surface area contributed by atoms with Gasteiger partial charge in [0.15, 0.2) is 0 Å². The van der Waals surface area contributed by atoms with Crippen molar-refractivity contribution in [2.75, 3.05) is 43.6 Å². The van der Waals surface area contributed by atoms with E-state index in [9.17, 15) is 9.59 Å². The average Bonchev–Trinajstić information content (AvgIpc) is 3.05. The van der Waals surface area contributed by atoms with E-state index in [0.717, 1.165) is 42.9 Å². The van der Waals surface area contributed by atoms with E-state index in [1.54, 1.807) is 0 Å². The summed E-state index contributed by atoms with van der Waals surface area (Å²) in [6.45, 7) is 6.31. The summed E-state index contributed by atoms with van der Waals surface area (Å²) in [5.74, 6) is 0.859. The van der Waals surface area contributed by atoms with Crippen LogP contribution in [0.1, 0.15) is 32.3 Å². The number of nitrogens with zero attached hydrogens (tertiary/aromatic N) is 3. The van der Waals surface area contributed by atoms with Crippen molar-refractivity contribution in [1.82, 2.24) is 4.90 Å². The van der Waals surface area contributed by atoms with E-state index in [4.69, 9.17) is 4.74 Å². The van der Waals surface area contributed by atoms with Crippen molar-refractivity contribution < 1.29 is 14.3 Å². The van der Waals surface area contributed by atoms with Gasteiger partial charge in [0.25, 0.3) is 11.8 Å². The molecule has 168 valence electrons. The fourth-order valence-electron chi connectivity index (χ4n) is 4.32. The highest BCUT2D eigenvalue weighted by atomic mass is 16.5. The fraction of sp³-hybridized carbons (Fsp3) is 0.385. The van der Waals surface area contributed by atoms with Crippen LogP contribution in [0.15, 0.2) is 54.2 Å². The van der Waals surface area contributed by atoms with E-state index in [2.05, 4.69) is 11.8 Å². The molecule has 6 nitrogen and oxygen atoms in total. The first kappa shape index (κ1) is 21.9. The van der Waals surface area contributed by atoms with Crippen LogP contribution < -0.4 is 14.5 Å². The zero-order valence-corrected chi connectivity index (χ0v) is 19.3. The lowest BCUT2D eigenvalue weighted by Crippen LogP contribution is -2.38. The molecule has 32 heavy (non-hydrogen) atoms. The van der Waals surface area contributed by atoms with Crippen LogP contribution >= 0.6 is 0 Å². The van der Waals surface area contributed by atoms with E-state index in [-0.39, 0.29) is 11.8 Å². The summed E-state index contributed by atoms with van der Waals surface area (Å²) in [4.78, 5) is 32.7. The second-order valence-electron chi connectivity index (χ2n) is 8.71. The third-order valence-electron chi connectivity index (χ3n) is 6.24. The van der Waals surface area contributed by atoms with E-state index in [1.165, 1.54) is 4.90 Å². The number of anilines is 2. The number of imide groups is 1. The van der Waals surface area contributed by atoms with Crippen molar-refractivity contribution in [3.63, 3.8) is 0 Å². The summed E-state index contributed by atoms with van der Waals surface area (Å²) in [7, 11) is 3.92. The maximum absolute atomic E-state index is 13.6. The lowest BCUT2D eigenvalue weighted by Gasteiger charge is -2.32. The topological polar surface area (TPSA) is 53.1 Å². The minimum atomic E-state index is -0.273. The van der Waals surface area contributed by atoms with Gasteiger partial charge >= 0.3 is 0 Å². The molecule has 1 saturated heterocycles. The Kier molecular flexibility index (Phi) is 6.21. The van der Waals surface area contributed by atoms with Gasteiger partial charge in [0.2, 0.25) is 0 Å². The van der Waals surface area contributed by atoms with Gasteiger partial charge in [0.1, 0.15) is 11.4 Å². The lowest BCUT2D eigenvalue weighted by molar-refractivity contribution is -0.120. The molecule has 0 aliphatic carbocycles. The number of hydrogen-bond donors (Lipinski definition) is 0. The number of ether oxygens (including phenoxy) is 1. The van der Waals surface area contributed by atoms with Crippen LogP contribution in [0.4, 0.5) is 11.4 Å². The summed E-state index contributed by atoms with van der Waals surface area (Å²) in [6, 6.07) is 15.0. The number of amides is 2. The van der Waals surface area contributed by atoms with Gasteiger partial charge in [0.05, 0.1) is 17.9 Å². The van der Waals surface area contributed by atoms with E-state index in [0.29, 0.717) is 29.5 Å². The van der Waals surface area contributed by atoms with Crippen molar-refractivity contribution in [1.29, 1.82) is 0 Å². The van der Waals surface area contributed by atoms with Crippen LogP contribution in [0.5, 0.6) is 5.75 Å². The standard InChI is InChI=1S/C26H31N3O3/c1-5-32-22-12-6-19(7-13-22)23-24(28-16-14-18(2)15-17-28)26(31)29(25(23)30)21-10-8-20(9-11-21)27(3)4/h6-13,18H,5,14-17H2,1-4H3. The van der Waals surface area contributed by atoms with Crippen LogP contribution in [0.25, 0.3) is 5.57 Å². The normalized spacial score (nSPS) is 17.4. The molecule has 0 atom stereocenters. The second-order valence-corrected chi connectivity index (χ2v) is 8.71. The van der Waals surface area contributed by atoms with Crippen LogP contribution in [0.2, 0.25) is 0 Å². The molecule has 2 aliphatic rings. The molecule has 2 aromatic rings. The Morgan fingerprint density at radius 3 is 2.12 bits per heavy atom. The minimum Gasteiger partial charge on any atom is -0.494 e. The summed E-state index contributed by atoms with van der Waals surface area (Å²) in [5.41, 5.74) is 3.34. The van der Waals surface area contributed by atoms with E-state index < -0.39 is 0 Å². The molecule has 0 bridgehead atoms. The number of likely N-dealkylation sites (tertiary alicyclic amines) is 1. The molecular formula is C26H31N3O3. The number of piperidine rings is 1. The Hall–Kier alpha value is -3.28. The molecule has 1 fully saturated rings. The third kappa shape index (κ3) is 4.09. The van der Waals surface area contributed by atoms with Crippen LogP contribution in [0, 0.1) is 5.92 Å². The second kappa shape index (κ2) is 9.07. The van der Waals surface area contributed by atoms with Crippen molar-refractivity contribution in [2.45, 2.75) is 26.7 Å². The molecule has 6 heteroatoms. The molecule has 0 spiro atoms. The third-order valence-corrected chi connectivity index (χ3v) is 6.24. The van der Waals surface area contributed by atoms with Crippen molar-refractivity contribution >= 4 is 28.8 Å². The zero-order valence-electron chi connectivity index (χ0n) is 19.3. The first-order valence-electron chi connectivity index (χ1n) is 11.3. The molecule has 4 rings (SSSR count). The number of rotatable bonds is 6. The molecule has 2 aromatic carbocycles. The molecular weight excluding hydrogens is 402 g/mol. The molecule has 2 aliphatic heterocycles. The zero-order chi connectivity index (χ0) is 22.8. The highest BCUT2D eigenvalue weighted by Crippen LogP contribution is 2.37. The van der Waals surface area contributed by atoms with Crippen molar-refractivity contribution in [2.24, 2.45) is 5.92 Å². The lowest BCUT2D eigenvalue weighted by atomic mass is 9.97. The van der Waals surface area contributed by atoms with Crippen LogP contribution in [-0.4, -0.2) is 50.5 Å². The Labute approximate surface area is 190 Å². The molecule has 0 saturated carbocycles. The summed E-state index contributed by atoms with van der Waals surface area (Å²) in [6.07, 6.45) is 2.03. The molecule has 2 amide bonds. The fourth-order valence-corrected chi connectivity index (χ4v) is 4.32. The maximum Gasteiger partial charge on any atom is 0.282 e. The molecule has 0 radical (unpaired) electrons. The van der Waals surface area contributed by atoms with Crippen molar-refractivity contribution in [3.8, 4) is 5.75 Å². The van der Waals surface area contributed by atoms with Gasteiger partial charge in [-0.15, -0.1) is 0 Å². The van der Waals surface area contributed by atoms with Gasteiger partial charge in [-0.25, -0.2) is 4.90 Å². The maximum atomic E-state index is 13.6. The van der Waals surface area contributed by atoms with E-state index >= 15 is 0 Å². The number of carbonyl (C=O) groups is 2. The quantitative estimate of drug-likeness (QED) is 0.640. The Morgan fingerprint density at radius 1 is 0.938 bits per heavy atom. The monoisotopic (exact) mass is 433 g/mol. The predicted octanol–water partition coefficient (Wildman–Crippen LogP) is 4.17. The Bertz CT molecular complexity index is 1020. The highest BCUT2D eigenvalue weighted by molar-refractivity contribution is 6.45. The van der Waals surface area contributed by atoms with Gasteiger partial charge in [0, 0.05) is 32.9 Å². The minimum absolute atomic E-state index is 0.244. The summed E-state index contributed by atoms with van der Waals surface area (Å²) in [5, 5.41) is 0. The Balaban J connectivity index is 1.74. The smallest absolute Gasteiger partial charge is 0.282 e. The first-order valence-corrected chi connectivity index (χ1v) is 11.3. The van der Waals surface area contributed by atoms with Crippen LogP contribution in [-0.2, 0) is 9.59 Å². The van der Waals surface area contributed by atoms with Crippen LogP contribution in [0.3, 0.4) is 0 Å². The van der Waals surface area contributed by atoms with Gasteiger partial charge in [-0.3, -0.25) is 9.59 Å². The van der Waals surface area contributed by atoms with Gasteiger partial charge < -0.3 is 14.5 Å². The van der Waals surface area contributed by atoms with Crippen molar-refractivity contribution in [3.05, 3.63) is 59.8 Å². The first-order chi connectivity index (χ1) is 15.4. The molecule has 2 heterocycles. The largest absolute Gasteiger partial charge is 0.494 e. The summed E-state index contributed by atoms with van der Waals surface area (Å²) < 4.78 is 5.55. The number of benzene rings is 2. The summed E-state index contributed by atoms with van der Waals surface area (Å²) >= 11 is 0. The Morgan fingerprint density at radius 2 is 1.56 bits per heavy atom. The molecule has 0 aromatic heterocycles. The predicted molar refractivity (Wildman–Crippen MR) is 128 cm³/mol. The van der Waals surface area contributed by atoms with Gasteiger partial charge in [-0.05, 0) is 67.6 Å². The highest BCUT2D eigenvalue weighted by Gasteiger charge is 2.43. The van der Waals surface area contributed by atoms with Gasteiger partial charge in [-0.2, -0.15) is 0 Å². The average molecular weight is 434 g/mol.